The van der Waals surface area contributed by atoms with Crippen molar-refractivity contribution in [3.63, 3.8) is 0 Å². The van der Waals surface area contributed by atoms with Crippen LogP contribution in [0, 0.1) is 0 Å². The summed E-state index contributed by atoms with van der Waals surface area (Å²) in [6, 6.07) is 2.17. The maximum absolute atomic E-state index is 9.05. The minimum atomic E-state index is 0.222. The van der Waals surface area contributed by atoms with Gasteiger partial charge in [0.15, 0.2) is 0 Å². The lowest BCUT2D eigenvalue weighted by atomic mass is 10.00. The lowest BCUT2D eigenvalue weighted by molar-refractivity contribution is 0.262. The summed E-state index contributed by atoms with van der Waals surface area (Å²) in [5, 5.41) is 9.52. The summed E-state index contributed by atoms with van der Waals surface area (Å²) in [6.07, 6.45) is 5.79. The number of hydrogen-bond acceptors (Lipinski definition) is 4. The second kappa shape index (κ2) is 5.46. The van der Waals surface area contributed by atoms with E-state index in [2.05, 4.69) is 14.9 Å². The van der Waals surface area contributed by atoms with E-state index in [1.54, 1.807) is 6.07 Å². The molecule has 5 heteroatoms. The van der Waals surface area contributed by atoms with Gasteiger partial charge in [0.1, 0.15) is 17.3 Å². The van der Waals surface area contributed by atoms with Crippen molar-refractivity contribution >= 4 is 17.4 Å². The molecule has 1 N–H and O–H groups in total. The predicted octanol–water partition coefficient (Wildman–Crippen LogP) is 1.87. The van der Waals surface area contributed by atoms with Crippen LogP contribution in [0.15, 0.2) is 12.4 Å². The summed E-state index contributed by atoms with van der Waals surface area (Å²) in [7, 11) is 0. The number of aromatic nitrogens is 2. The summed E-state index contributed by atoms with van der Waals surface area (Å²) in [5.74, 6) is 0.873. The first-order chi connectivity index (χ1) is 7.81. The van der Waals surface area contributed by atoms with Gasteiger partial charge >= 0.3 is 0 Å². The highest BCUT2D eigenvalue weighted by Gasteiger charge is 2.23. The fraction of sp³-hybridized carbons (Fsp3) is 0.636. The van der Waals surface area contributed by atoms with Gasteiger partial charge in [-0.2, -0.15) is 0 Å². The molecule has 0 saturated carbocycles. The molecule has 1 aliphatic rings. The van der Waals surface area contributed by atoms with Gasteiger partial charge in [-0.1, -0.05) is 11.6 Å². The van der Waals surface area contributed by atoms with Gasteiger partial charge in [-0.3, -0.25) is 0 Å². The van der Waals surface area contributed by atoms with Gasteiger partial charge < -0.3 is 10.0 Å². The minimum Gasteiger partial charge on any atom is -0.396 e. The molecule has 0 amide bonds. The van der Waals surface area contributed by atoms with Crippen molar-refractivity contribution in [2.75, 3.05) is 18.1 Å². The third kappa shape index (κ3) is 2.62. The Balaban J connectivity index is 2.16. The molecule has 1 aromatic heterocycles. The standard InChI is InChI=1S/C11H16ClN3O/c12-10-7-11(14-8-13-10)15-5-2-1-3-9(15)4-6-16/h7-9,16H,1-6H2. The Morgan fingerprint density at radius 3 is 3.06 bits per heavy atom. The van der Waals surface area contributed by atoms with E-state index >= 15 is 0 Å². The SMILES string of the molecule is OCCC1CCCCN1c1cc(Cl)ncn1. The fourth-order valence-electron chi connectivity index (χ4n) is 2.23. The molecule has 0 bridgehead atoms. The Morgan fingerprint density at radius 1 is 1.44 bits per heavy atom. The van der Waals surface area contributed by atoms with Crippen LogP contribution in [0.3, 0.4) is 0 Å². The van der Waals surface area contributed by atoms with E-state index in [4.69, 9.17) is 16.7 Å². The molecule has 1 saturated heterocycles. The molecule has 88 valence electrons. The van der Waals surface area contributed by atoms with Gasteiger partial charge in [-0.15, -0.1) is 0 Å². The number of aliphatic hydroxyl groups excluding tert-OH is 1. The van der Waals surface area contributed by atoms with Crippen molar-refractivity contribution in [1.29, 1.82) is 0 Å². The van der Waals surface area contributed by atoms with Gasteiger partial charge in [0.2, 0.25) is 0 Å². The third-order valence-corrected chi connectivity index (χ3v) is 3.21. The molecule has 1 atom stereocenters. The largest absolute Gasteiger partial charge is 0.396 e. The average molecular weight is 242 g/mol. The van der Waals surface area contributed by atoms with Crippen molar-refractivity contribution in [2.45, 2.75) is 31.7 Å². The molecule has 0 aliphatic carbocycles. The molecule has 0 radical (unpaired) electrons. The molecular formula is C11H16ClN3O. The molecule has 1 unspecified atom stereocenters. The van der Waals surface area contributed by atoms with Crippen LogP contribution in [0.25, 0.3) is 0 Å². The lowest BCUT2D eigenvalue weighted by Gasteiger charge is -2.36. The highest BCUT2D eigenvalue weighted by Crippen LogP contribution is 2.25. The zero-order valence-electron chi connectivity index (χ0n) is 9.14. The zero-order valence-corrected chi connectivity index (χ0v) is 9.90. The summed E-state index contributed by atoms with van der Waals surface area (Å²) >= 11 is 5.86. The Labute approximate surface area is 100 Å². The van der Waals surface area contributed by atoms with Gasteiger partial charge in [0.25, 0.3) is 0 Å². The quantitative estimate of drug-likeness (QED) is 0.821. The Bertz CT molecular complexity index is 346. The number of hydrogen-bond donors (Lipinski definition) is 1. The first-order valence-corrected chi connectivity index (χ1v) is 6.04. The van der Waals surface area contributed by atoms with Crippen molar-refractivity contribution in [3.05, 3.63) is 17.5 Å². The van der Waals surface area contributed by atoms with Gasteiger partial charge in [-0.05, 0) is 25.7 Å². The van der Waals surface area contributed by atoms with E-state index in [-0.39, 0.29) is 6.61 Å². The van der Waals surface area contributed by atoms with Crippen molar-refractivity contribution in [1.82, 2.24) is 9.97 Å². The average Bonchev–Trinajstić information content (AvgIpc) is 2.30. The summed E-state index contributed by atoms with van der Waals surface area (Å²) in [5.41, 5.74) is 0. The van der Waals surface area contributed by atoms with Crippen LogP contribution in [0.4, 0.5) is 5.82 Å². The molecule has 2 rings (SSSR count). The van der Waals surface area contributed by atoms with Crippen LogP contribution in [-0.2, 0) is 0 Å². The minimum absolute atomic E-state index is 0.222. The summed E-state index contributed by atoms with van der Waals surface area (Å²) in [4.78, 5) is 10.4. The van der Waals surface area contributed by atoms with Crippen LogP contribution < -0.4 is 4.90 Å². The molecule has 0 spiro atoms. The second-order valence-electron chi connectivity index (χ2n) is 4.05. The van der Waals surface area contributed by atoms with Crippen LogP contribution in [-0.4, -0.2) is 34.3 Å². The number of halogens is 1. The molecule has 1 aromatic rings. The van der Waals surface area contributed by atoms with E-state index in [1.807, 2.05) is 0 Å². The zero-order chi connectivity index (χ0) is 11.4. The molecule has 1 aliphatic heterocycles. The summed E-state index contributed by atoms with van der Waals surface area (Å²) < 4.78 is 0. The smallest absolute Gasteiger partial charge is 0.134 e. The molecule has 4 nitrogen and oxygen atoms in total. The topological polar surface area (TPSA) is 49.2 Å². The van der Waals surface area contributed by atoms with Crippen molar-refractivity contribution in [3.8, 4) is 0 Å². The van der Waals surface area contributed by atoms with E-state index in [1.165, 1.54) is 19.2 Å². The summed E-state index contributed by atoms with van der Waals surface area (Å²) in [6.45, 7) is 1.21. The van der Waals surface area contributed by atoms with E-state index in [9.17, 15) is 0 Å². The number of piperidine rings is 1. The van der Waals surface area contributed by atoms with Crippen LogP contribution in [0.5, 0.6) is 0 Å². The van der Waals surface area contributed by atoms with E-state index < -0.39 is 0 Å². The van der Waals surface area contributed by atoms with Crippen molar-refractivity contribution in [2.24, 2.45) is 0 Å². The number of anilines is 1. The monoisotopic (exact) mass is 241 g/mol. The molecule has 2 heterocycles. The Hall–Kier alpha value is -0.870. The van der Waals surface area contributed by atoms with Gasteiger partial charge in [-0.25, -0.2) is 9.97 Å². The van der Waals surface area contributed by atoms with E-state index in [0.717, 1.165) is 25.2 Å². The number of rotatable bonds is 3. The molecule has 1 fully saturated rings. The van der Waals surface area contributed by atoms with Gasteiger partial charge in [0, 0.05) is 25.3 Å². The molecular weight excluding hydrogens is 226 g/mol. The van der Waals surface area contributed by atoms with Crippen LogP contribution in [0.2, 0.25) is 5.15 Å². The molecule has 16 heavy (non-hydrogen) atoms. The first kappa shape index (κ1) is 11.6. The predicted molar refractivity (Wildman–Crippen MR) is 63.7 cm³/mol. The second-order valence-corrected chi connectivity index (χ2v) is 4.44. The highest BCUT2D eigenvalue weighted by atomic mass is 35.5. The van der Waals surface area contributed by atoms with Crippen molar-refractivity contribution < 1.29 is 5.11 Å². The lowest BCUT2D eigenvalue weighted by Crippen LogP contribution is -2.40. The first-order valence-electron chi connectivity index (χ1n) is 5.66. The number of aliphatic hydroxyl groups is 1. The van der Waals surface area contributed by atoms with Gasteiger partial charge in [0.05, 0.1) is 0 Å². The Kier molecular flexibility index (Phi) is 3.96. The Morgan fingerprint density at radius 2 is 2.31 bits per heavy atom. The van der Waals surface area contributed by atoms with E-state index in [0.29, 0.717) is 11.2 Å². The molecule has 0 aromatic carbocycles. The maximum atomic E-state index is 9.05. The number of nitrogens with zero attached hydrogens (tertiary/aromatic N) is 3. The maximum Gasteiger partial charge on any atom is 0.134 e. The fourth-order valence-corrected chi connectivity index (χ4v) is 2.37. The third-order valence-electron chi connectivity index (χ3n) is 3.00. The van der Waals surface area contributed by atoms with Crippen LogP contribution in [0.1, 0.15) is 25.7 Å². The van der Waals surface area contributed by atoms with Crippen LogP contribution >= 0.6 is 11.6 Å². The highest BCUT2D eigenvalue weighted by molar-refractivity contribution is 6.29. The normalized spacial score (nSPS) is 21.1.